The topological polar surface area (TPSA) is 42.0 Å². The zero-order valence-electron chi connectivity index (χ0n) is 9.32. The van der Waals surface area contributed by atoms with Crippen molar-refractivity contribution in [1.29, 1.82) is 0 Å². The van der Waals surface area contributed by atoms with Gasteiger partial charge in [-0.1, -0.05) is 0 Å². The van der Waals surface area contributed by atoms with Crippen LogP contribution in [0.3, 0.4) is 0 Å². The number of halogens is 2. The van der Waals surface area contributed by atoms with Gasteiger partial charge in [0.25, 0.3) is 5.91 Å². The van der Waals surface area contributed by atoms with Gasteiger partial charge in [-0.25, -0.2) is 13.8 Å². The lowest BCUT2D eigenvalue weighted by Gasteiger charge is -2.04. The van der Waals surface area contributed by atoms with E-state index in [0.717, 1.165) is 23.2 Å². The first kappa shape index (κ1) is 12.6. The molecule has 0 aliphatic carbocycles. The van der Waals surface area contributed by atoms with Crippen LogP contribution in [0, 0.1) is 11.6 Å². The molecule has 1 aromatic heterocycles. The second kappa shape index (κ2) is 5.68. The van der Waals surface area contributed by atoms with Crippen LogP contribution in [0.1, 0.15) is 15.4 Å². The van der Waals surface area contributed by atoms with E-state index in [1.54, 1.807) is 6.20 Å². The summed E-state index contributed by atoms with van der Waals surface area (Å²) in [5.74, 6) is -2.02. The quantitative estimate of drug-likeness (QED) is 0.925. The van der Waals surface area contributed by atoms with Gasteiger partial charge in [0.15, 0.2) is 0 Å². The van der Waals surface area contributed by atoms with Crippen molar-refractivity contribution < 1.29 is 13.6 Å². The van der Waals surface area contributed by atoms with Crippen molar-refractivity contribution in [1.82, 2.24) is 10.3 Å². The fourth-order valence-electron chi connectivity index (χ4n) is 1.45. The summed E-state index contributed by atoms with van der Waals surface area (Å²) in [5.41, 5.74) is -0.0216. The number of hydrogen-bond donors (Lipinski definition) is 1. The smallest absolute Gasteiger partial charge is 0.251 e. The standard InChI is InChI=1S/C12H10F2N2OS/c13-9-5-8(6-10(14)7-9)12(17)16-2-1-11-15-3-4-18-11/h3-7H,1-2H2,(H,16,17). The maximum atomic E-state index is 12.9. The number of benzene rings is 1. The lowest BCUT2D eigenvalue weighted by atomic mass is 10.2. The van der Waals surface area contributed by atoms with Crippen molar-refractivity contribution >= 4 is 17.2 Å². The lowest BCUT2D eigenvalue weighted by molar-refractivity contribution is 0.0953. The van der Waals surface area contributed by atoms with Crippen molar-refractivity contribution in [2.45, 2.75) is 6.42 Å². The number of nitrogens with one attached hydrogen (secondary N) is 1. The summed E-state index contributed by atoms with van der Waals surface area (Å²) in [5, 5.41) is 5.34. The van der Waals surface area contributed by atoms with Crippen molar-refractivity contribution in [3.8, 4) is 0 Å². The Morgan fingerprint density at radius 3 is 2.61 bits per heavy atom. The van der Waals surface area contributed by atoms with E-state index in [0.29, 0.717) is 13.0 Å². The summed E-state index contributed by atoms with van der Waals surface area (Å²) in [4.78, 5) is 15.7. The Morgan fingerprint density at radius 1 is 1.28 bits per heavy atom. The number of thiazole rings is 1. The predicted octanol–water partition coefficient (Wildman–Crippen LogP) is 2.39. The van der Waals surface area contributed by atoms with Crippen molar-refractivity contribution in [3.05, 3.63) is 52.0 Å². The van der Waals surface area contributed by atoms with Gasteiger partial charge in [-0.3, -0.25) is 4.79 Å². The fourth-order valence-corrected chi connectivity index (χ4v) is 2.07. The maximum Gasteiger partial charge on any atom is 0.251 e. The van der Waals surface area contributed by atoms with Gasteiger partial charge in [0.2, 0.25) is 0 Å². The molecule has 1 aromatic carbocycles. The van der Waals surface area contributed by atoms with Gasteiger partial charge >= 0.3 is 0 Å². The molecule has 0 saturated heterocycles. The molecule has 1 amide bonds. The Bertz CT molecular complexity index is 523. The maximum absolute atomic E-state index is 12.9. The molecule has 2 rings (SSSR count). The molecule has 3 nitrogen and oxygen atoms in total. The van der Waals surface area contributed by atoms with E-state index in [4.69, 9.17) is 0 Å². The minimum Gasteiger partial charge on any atom is -0.352 e. The van der Waals surface area contributed by atoms with Gasteiger partial charge < -0.3 is 5.32 Å². The van der Waals surface area contributed by atoms with Gasteiger partial charge in [-0.2, -0.15) is 0 Å². The highest BCUT2D eigenvalue weighted by molar-refractivity contribution is 7.09. The van der Waals surface area contributed by atoms with E-state index in [1.807, 2.05) is 5.38 Å². The third-order valence-electron chi connectivity index (χ3n) is 2.23. The molecular formula is C12H10F2N2OS. The molecule has 0 atom stereocenters. The van der Waals surface area contributed by atoms with E-state index in [2.05, 4.69) is 10.3 Å². The van der Waals surface area contributed by atoms with Gasteiger partial charge in [-0.05, 0) is 12.1 Å². The van der Waals surface area contributed by atoms with Crippen molar-refractivity contribution in [2.75, 3.05) is 6.54 Å². The molecule has 1 N–H and O–H groups in total. The Balaban J connectivity index is 1.91. The van der Waals surface area contributed by atoms with E-state index in [1.165, 1.54) is 11.3 Å². The highest BCUT2D eigenvalue weighted by Crippen LogP contribution is 2.08. The number of nitrogens with zero attached hydrogens (tertiary/aromatic N) is 1. The van der Waals surface area contributed by atoms with Gasteiger partial charge in [-0.15, -0.1) is 11.3 Å². The third kappa shape index (κ3) is 3.33. The van der Waals surface area contributed by atoms with Crippen molar-refractivity contribution in [3.63, 3.8) is 0 Å². The van der Waals surface area contributed by atoms with Gasteiger partial charge in [0.05, 0.1) is 5.01 Å². The van der Waals surface area contributed by atoms with E-state index >= 15 is 0 Å². The highest BCUT2D eigenvalue weighted by Gasteiger charge is 2.08. The molecule has 18 heavy (non-hydrogen) atoms. The molecule has 0 aliphatic heterocycles. The highest BCUT2D eigenvalue weighted by atomic mass is 32.1. The molecule has 0 saturated carbocycles. The molecule has 0 aliphatic rings. The summed E-state index contributed by atoms with van der Waals surface area (Å²) >= 11 is 1.49. The van der Waals surface area contributed by atoms with Crippen LogP contribution in [0.2, 0.25) is 0 Å². The minimum atomic E-state index is -0.764. The lowest BCUT2D eigenvalue weighted by Crippen LogP contribution is -2.25. The Hall–Kier alpha value is -1.82. The number of aromatic nitrogens is 1. The van der Waals surface area contributed by atoms with Crippen LogP contribution in [0.4, 0.5) is 8.78 Å². The fraction of sp³-hybridized carbons (Fsp3) is 0.167. The molecule has 1 heterocycles. The Morgan fingerprint density at radius 2 is 2.00 bits per heavy atom. The molecule has 6 heteroatoms. The summed E-state index contributed by atoms with van der Waals surface area (Å²) in [6, 6.07) is 2.73. The van der Waals surface area contributed by atoms with E-state index in [9.17, 15) is 13.6 Å². The average Bonchev–Trinajstić information content (AvgIpc) is 2.80. The number of hydrogen-bond acceptors (Lipinski definition) is 3. The van der Waals surface area contributed by atoms with Crippen LogP contribution in [0.15, 0.2) is 29.8 Å². The van der Waals surface area contributed by atoms with Crippen LogP contribution in [-0.4, -0.2) is 17.4 Å². The minimum absolute atomic E-state index is 0.0216. The normalized spacial score (nSPS) is 10.3. The summed E-state index contributed by atoms with van der Waals surface area (Å²) < 4.78 is 25.8. The predicted molar refractivity (Wildman–Crippen MR) is 64.5 cm³/mol. The molecule has 94 valence electrons. The van der Waals surface area contributed by atoms with Crippen LogP contribution in [-0.2, 0) is 6.42 Å². The Kier molecular flexibility index (Phi) is 3.99. The van der Waals surface area contributed by atoms with Crippen molar-refractivity contribution in [2.24, 2.45) is 0 Å². The molecule has 0 radical (unpaired) electrons. The first-order valence-electron chi connectivity index (χ1n) is 5.28. The van der Waals surface area contributed by atoms with Gasteiger partial charge in [0, 0.05) is 36.2 Å². The Labute approximate surface area is 106 Å². The second-order valence-electron chi connectivity index (χ2n) is 3.59. The first-order valence-corrected chi connectivity index (χ1v) is 6.16. The number of carbonyl (C=O) groups is 1. The third-order valence-corrected chi connectivity index (χ3v) is 3.07. The van der Waals surface area contributed by atoms with Gasteiger partial charge in [0.1, 0.15) is 11.6 Å². The molecule has 0 unspecified atom stereocenters. The first-order chi connectivity index (χ1) is 8.65. The molecule has 2 aromatic rings. The number of rotatable bonds is 4. The monoisotopic (exact) mass is 268 g/mol. The number of amides is 1. The molecule has 0 spiro atoms. The second-order valence-corrected chi connectivity index (χ2v) is 4.57. The van der Waals surface area contributed by atoms with Crippen LogP contribution in [0.25, 0.3) is 0 Å². The van der Waals surface area contributed by atoms with E-state index < -0.39 is 17.5 Å². The molecule has 0 fully saturated rings. The van der Waals surface area contributed by atoms with E-state index in [-0.39, 0.29) is 5.56 Å². The zero-order valence-corrected chi connectivity index (χ0v) is 10.1. The largest absolute Gasteiger partial charge is 0.352 e. The van der Waals surface area contributed by atoms with Crippen LogP contribution >= 0.6 is 11.3 Å². The summed E-state index contributed by atoms with van der Waals surface area (Å²) in [7, 11) is 0. The molecular weight excluding hydrogens is 258 g/mol. The average molecular weight is 268 g/mol. The van der Waals surface area contributed by atoms with Crippen LogP contribution < -0.4 is 5.32 Å². The summed E-state index contributed by atoms with van der Waals surface area (Å²) in [6.07, 6.45) is 2.28. The van der Waals surface area contributed by atoms with Crippen LogP contribution in [0.5, 0.6) is 0 Å². The zero-order chi connectivity index (χ0) is 13.0. The molecule has 0 bridgehead atoms. The number of carbonyl (C=O) groups excluding carboxylic acids is 1. The summed E-state index contributed by atoms with van der Waals surface area (Å²) in [6.45, 7) is 0.379. The SMILES string of the molecule is O=C(NCCc1nccs1)c1cc(F)cc(F)c1.